The van der Waals surface area contributed by atoms with Gasteiger partial charge in [0.15, 0.2) is 0 Å². The Kier molecular flexibility index (Phi) is 7.64. The molecule has 0 aliphatic carbocycles. The third-order valence-electron chi connectivity index (χ3n) is 7.83. The smallest absolute Gasteiger partial charge is 0.410 e. The Labute approximate surface area is 247 Å². The number of benzene rings is 2. The molecule has 2 fully saturated rings. The summed E-state index contributed by atoms with van der Waals surface area (Å²) in [5, 5.41) is 8.21. The standard InChI is InChI=1S/C32H40N8O2/c1-32(2,3)42-31(41)39-20-18-38(19-21-39)27-7-5-6-24(22-27)29-13-12-28-23-33-30(35-40(28)29)34-25-8-10-26(11-9-25)37-16-14-36(4)15-17-37/h5-13,22-23H,14-21H2,1-4H3,(H,34,35). The van der Waals surface area contributed by atoms with Crippen LogP contribution < -0.4 is 15.1 Å². The van der Waals surface area contributed by atoms with Crippen LogP contribution in [0.2, 0.25) is 0 Å². The number of carbonyl (C=O) groups excluding carboxylic acids is 1. The fourth-order valence-electron chi connectivity index (χ4n) is 5.46. The van der Waals surface area contributed by atoms with Gasteiger partial charge in [-0.2, -0.15) is 0 Å². The lowest BCUT2D eigenvalue weighted by Gasteiger charge is -2.36. The Morgan fingerprint density at radius 2 is 1.52 bits per heavy atom. The Morgan fingerprint density at radius 3 is 2.24 bits per heavy atom. The van der Waals surface area contributed by atoms with E-state index in [9.17, 15) is 4.79 Å². The molecule has 4 heterocycles. The number of anilines is 4. The van der Waals surface area contributed by atoms with E-state index in [1.54, 1.807) is 4.90 Å². The van der Waals surface area contributed by atoms with E-state index < -0.39 is 5.60 Å². The normalized spacial score (nSPS) is 16.6. The van der Waals surface area contributed by atoms with Crippen LogP contribution in [-0.2, 0) is 4.74 Å². The van der Waals surface area contributed by atoms with Gasteiger partial charge >= 0.3 is 6.09 Å². The van der Waals surface area contributed by atoms with Crippen molar-refractivity contribution < 1.29 is 9.53 Å². The summed E-state index contributed by atoms with van der Waals surface area (Å²) in [6.45, 7) is 12.7. The molecule has 0 radical (unpaired) electrons. The van der Waals surface area contributed by atoms with Gasteiger partial charge in [0.1, 0.15) is 5.60 Å². The Hall–Kier alpha value is -4.31. The Bertz CT molecular complexity index is 1530. The van der Waals surface area contributed by atoms with Crippen LogP contribution in [0.3, 0.4) is 0 Å². The molecule has 0 bridgehead atoms. The van der Waals surface area contributed by atoms with E-state index in [1.165, 1.54) is 5.69 Å². The van der Waals surface area contributed by atoms with Gasteiger partial charge in [-0.05, 0) is 76.3 Å². The first kappa shape index (κ1) is 27.8. The molecule has 10 nitrogen and oxygen atoms in total. The molecule has 2 saturated heterocycles. The maximum atomic E-state index is 12.5. The molecule has 0 spiro atoms. The van der Waals surface area contributed by atoms with Gasteiger partial charge in [-0.1, -0.05) is 12.1 Å². The van der Waals surface area contributed by atoms with Crippen molar-refractivity contribution in [3.05, 3.63) is 66.9 Å². The number of amides is 1. The maximum absolute atomic E-state index is 12.5. The van der Waals surface area contributed by atoms with Crippen molar-refractivity contribution in [2.24, 2.45) is 0 Å². The lowest BCUT2D eigenvalue weighted by atomic mass is 10.1. The summed E-state index contributed by atoms with van der Waals surface area (Å²) in [6, 6.07) is 21.1. The van der Waals surface area contributed by atoms with Crippen molar-refractivity contribution in [3.63, 3.8) is 0 Å². The molecule has 2 aliphatic rings. The summed E-state index contributed by atoms with van der Waals surface area (Å²) in [7, 11) is 2.17. The minimum absolute atomic E-state index is 0.245. The molecular formula is C32H40N8O2. The first-order valence-electron chi connectivity index (χ1n) is 14.7. The van der Waals surface area contributed by atoms with Crippen LogP contribution in [0, 0.1) is 0 Å². The number of hydrogen-bond donors (Lipinski definition) is 1. The van der Waals surface area contributed by atoms with Crippen LogP contribution in [-0.4, -0.2) is 95.5 Å². The largest absolute Gasteiger partial charge is 0.444 e. The molecule has 2 aliphatic heterocycles. The lowest BCUT2D eigenvalue weighted by molar-refractivity contribution is 0.0240. The van der Waals surface area contributed by atoms with Gasteiger partial charge in [-0.25, -0.2) is 14.3 Å². The van der Waals surface area contributed by atoms with E-state index in [4.69, 9.17) is 9.84 Å². The summed E-state index contributed by atoms with van der Waals surface area (Å²) in [5.41, 5.74) is 5.82. The minimum atomic E-state index is -0.489. The molecule has 0 atom stereocenters. The first-order chi connectivity index (χ1) is 20.2. The van der Waals surface area contributed by atoms with E-state index in [0.717, 1.165) is 67.4 Å². The number of piperazine rings is 2. The molecular weight excluding hydrogens is 528 g/mol. The van der Waals surface area contributed by atoms with Crippen molar-refractivity contribution in [2.75, 3.05) is 74.5 Å². The average Bonchev–Trinajstić information content (AvgIpc) is 3.41. The number of ether oxygens (including phenoxy) is 1. The summed E-state index contributed by atoms with van der Waals surface area (Å²) in [6.07, 6.45) is 1.60. The van der Waals surface area contributed by atoms with Gasteiger partial charge in [0.25, 0.3) is 0 Å². The highest BCUT2D eigenvalue weighted by atomic mass is 16.6. The first-order valence-corrected chi connectivity index (χ1v) is 14.7. The molecule has 2 aromatic heterocycles. The fourth-order valence-corrected chi connectivity index (χ4v) is 5.46. The second-order valence-electron chi connectivity index (χ2n) is 12.1. The minimum Gasteiger partial charge on any atom is -0.444 e. The number of aromatic nitrogens is 3. The SMILES string of the molecule is CN1CCN(c2ccc(Nc3ncc4ccc(-c5cccc(N6CCN(C(=O)OC(C)(C)C)CC6)c5)n4n3)cc2)CC1. The number of likely N-dealkylation sites (N-methyl/N-ethyl adjacent to an activating group) is 1. The molecule has 4 aromatic rings. The molecule has 42 heavy (non-hydrogen) atoms. The number of nitrogens with zero attached hydrogens (tertiary/aromatic N) is 7. The van der Waals surface area contributed by atoms with E-state index in [-0.39, 0.29) is 6.09 Å². The van der Waals surface area contributed by atoms with Crippen LogP contribution in [0.25, 0.3) is 16.8 Å². The van der Waals surface area contributed by atoms with Gasteiger partial charge in [-0.3, -0.25) is 0 Å². The highest BCUT2D eigenvalue weighted by molar-refractivity contribution is 5.71. The topological polar surface area (TPSA) is 81.5 Å². The van der Waals surface area contributed by atoms with Crippen molar-refractivity contribution in [3.8, 4) is 11.3 Å². The summed E-state index contributed by atoms with van der Waals surface area (Å²) < 4.78 is 7.49. The monoisotopic (exact) mass is 568 g/mol. The van der Waals surface area contributed by atoms with E-state index in [0.29, 0.717) is 19.0 Å². The van der Waals surface area contributed by atoms with Crippen LogP contribution in [0.4, 0.5) is 27.8 Å². The summed E-state index contributed by atoms with van der Waals surface area (Å²) >= 11 is 0. The van der Waals surface area contributed by atoms with Crippen molar-refractivity contribution in [2.45, 2.75) is 26.4 Å². The number of hydrogen-bond acceptors (Lipinski definition) is 8. The predicted octanol–water partition coefficient (Wildman–Crippen LogP) is 4.95. The summed E-state index contributed by atoms with van der Waals surface area (Å²) in [5.74, 6) is 0.543. The highest BCUT2D eigenvalue weighted by Crippen LogP contribution is 2.28. The number of carbonyl (C=O) groups is 1. The van der Waals surface area contributed by atoms with Gasteiger partial charge in [-0.15, -0.1) is 5.10 Å². The van der Waals surface area contributed by atoms with E-state index in [2.05, 4.69) is 86.6 Å². The van der Waals surface area contributed by atoms with Crippen molar-refractivity contribution in [1.29, 1.82) is 0 Å². The quantitative estimate of drug-likeness (QED) is 0.362. The number of nitrogens with one attached hydrogen (secondary N) is 1. The zero-order valence-corrected chi connectivity index (χ0v) is 25.0. The Balaban J connectivity index is 1.14. The van der Waals surface area contributed by atoms with Crippen molar-refractivity contribution >= 4 is 34.6 Å². The molecule has 1 amide bonds. The number of fused-ring (bicyclic) bond motifs is 1. The molecule has 0 unspecified atom stereocenters. The van der Waals surface area contributed by atoms with Gasteiger partial charge in [0, 0.05) is 75.0 Å². The average molecular weight is 569 g/mol. The molecule has 0 saturated carbocycles. The molecule has 6 rings (SSSR count). The third kappa shape index (κ3) is 6.28. The van der Waals surface area contributed by atoms with Crippen LogP contribution in [0.1, 0.15) is 20.8 Å². The molecule has 220 valence electrons. The van der Waals surface area contributed by atoms with Crippen LogP contribution >= 0.6 is 0 Å². The van der Waals surface area contributed by atoms with E-state index in [1.807, 2.05) is 37.5 Å². The van der Waals surface area contributed by atoms with Gasteiger partial charge in [0.2, 0.25) is 5.95 Å². The van der Waals surface area contributed by atoms with Gasteiger partial charge in [0.05, 0.1) is 17.4 Å². The molecule has 2 aromatic carbocycles. The predicted molar refractivity (Wildman–Crippen MR) is 168 cm³/mol. The van der Waals surface area contributed by atoms with Gasteiger partial charge < -0.3 is 29.7 Å². The highest BCUT2D eigenvalue weighted by Gasteiger charge is 2.26. The second-order valence-corrected chi connectivity index (χ2v) is 12.1. The van der Waals surface area contributed by atoms with E-state index >= 15 is 0 Å². The lowest BCUT2D eigenvalue weighted by Crippen LogP contribution is -2.50. The summed E-state index contributed by atoms with van der Waals surface area (Å²) in [4.78, 5) is 25.9. The maximum Gasteiger partial charge on any atom is 0.410 e. The van der Waals surface area contributed by atoms with Crippen molar-refractivity contribution in [1.82, 2.24) is 24.4 Å². The van der Waals surface area contributed by atoms with Crippen LogP contribution in [0.5, 0.6) is 0 Å². The molecule has 1 N–H and O–H groups in total. The number of rotatable bonds is 5. The zero-order valence-electron chi connectivity index (χ0n) is 25.0. The second kappa shape index (κ2) is 11.5. The third-order valence-corrected chi connectivity index (χ3v) is 7.83. The van der Waals surface area contributed by atoms with Crippen LogP contribution in [0.15, 0.2) is 66.9 Å². The zero-order chi connectivity index (χ0) is 29.3. The Morgan fingerprint density at radius 1 is 0.833 bits per heavy atom. The fraction of sp³-hybridized carbons (Fsp3) is 0.406. The molecule has 10 heteroatoms.